The Morgan fingerprint density at radius 2 is 1.30 bits per heavy atom. The maximum absolute atomic E-state index is 12.7. The van der Waals surface area contributed by atoms with E-state index in [4.69, 9.17) is 0 Å². The highest BCUT2D eigenvalue weighted by Crippen LogP contribution is 2.07. The summed E-state index contributed by atoms with van der Waals surface area (Å²) in [6.07, 6.45) is 0.697. The largest absolute Gasteiger partial charge is 0.480 e. The van der Waals surface area contributed by atoms with Crippen molar-refractivity contribution < 1.29 is 19.5 Å². The zero-order valence-corrected chi connectivity index (χ0v) is 15.2. The zero-order valence-electron chi connectivity index (χ0n) is 15.2. The minimum atomic E-state index is -1.12. The van der Waals surface area contributed by atoms with E-state index in [1.807, 2.05) is 60.7 Å². The fraction of sp³-hybridized carbons (Fsp3) is 0.286. The van der Waals surface area contributed by atoms with Crippen molar-refractivity contribution in [2.75, 3.05) is 0 Å². The summed E-state index contributed by atoms with van der Waals surface area (Å²) < 4.78 is 0. The van der Waals surface area contributed by atoms with Crippen LogP contribution in [0, 0.1) is 0 Å². The summed E-state index contributed by atoms with van der Waals surface area (Å²) in [6, 6.07) is 16.5. The van der Waals surface area contributed by atoms with E-state index in [9.17, 15) is 19.5 Å². The summed E-state index contributed by atoms with van der Waals surface area (Å²) in [5, 5.41) is 14.7. The second kappa shape index (κ2) is 10.1. The van der Waals surface area contributed by atoms with Gasteiger partial charge in [-0.3, -0.25) is 9.59 Å². The third kappa shape index (κ3) is 6.58. The fourth-order valence-corrected chi connectivity index (χ4v) is 2.68. The molecular weight excluding hydrogens is 344 g/mol. The number of rotatable bonds is 9. The van der Waals surface area contributed by atoms with Crippen LogP contribution in [0.1, 0.15) is 24.5 Å². The predicted molar refractivity (Wildman–Crippen MR) is 102 cm³/mol. The van der Waals surface area contributed by atoms with Gasteiger partial charge in [-0.1, -0.05) is 67.6 Å². The van der Waals surface area contributed by atoms with Crippen molar-refractivity contribution in [3.8, 4) is 0 Å². The Morgan fingerprint density at radius 1 is 0.815 bits per heavy atom. The van der Waals surface area contributed by atoms with Crippen molar-refractivity contribution in [2.24, 2.45) is 0 Å². The molecule has 0 aliphatic carbocycles. The van der Waals surface area contributed by atoms with Gasteiger partial charge >= 0.3 is 5.97 Å². The molecule has 6 nitrogen and oxygen atoms in total. The van der Waals surface area contributed by atoms with E-state index in [0.717, 1.165) is 11.1 Å². The first kappa shape index (κ1) is 20.2. The van der Waals surface area contributed by atoms with Gasteiger partial charge < -0.3 is 15.7 Å². The van der Waals surface area contributed by atoms with Crippen molar-refractivity contribution in [1.29, 1.82) is 0 Å². The van der Waals surface area contributed by atoms with Crippen molar-refractivity contribution in [1.82, 2.24) is 10.6 Å². The van der Waals surface area contributed by atoms with Crippen LogP contribution in [0.5, 0.6) is 0 Å². The third-order valence-corrected chi connectivity index (χ3v) is 4.15. The van der Waals surface area contributed by atoms with E-state index < -0.39 is 24.0 Å². The van der Waals surface area contributed by atoms with E-state index >= 15 is 0 Å². The minimum absolute atomic E-state index is 0.168. The van der Waals surface area contributed by atoms with Gasteiger partial charge in [0, 0.05) is 19.3 Å². The summed E-state index contributed by atoms with van der Waals surface area (Å²) in [4.78, 5) is 36.1. The van der Waals surface area contributed by atoms with Crippen LogP contribution in [0.25, 0.3) is 0 Å². The Labute approximate surface area is 158 Å². The van der Waals surface area contributed by atoms with Crippen LogP contribution in [0.3, 0.4) is 0 Å². The molecule has 6 heteroatoms. The summed E-state index contributed by atoms with van der Waals surface area (Å²) in [6.45, 7) is 1.70. The van der Waals surface area contributed by atoms with Gasteiger partial charge in [0.25, 0.3) is 0 Å². The molecule has 0 heterocycles. The molecule has 2 aromatic carbocycles. The van der Waals surface area contributed by atoms with Gasteiger partial charge in [0.1, 0.15) is 12.1 Å². The molecule has 0 spiro atoms. The molecule has 0 saturated carbocycles. The van der Waals surface area contributed by atoms with Crippen molar-refractivity contribution >= 4 is 17.8 Å². The molecule has 3 N–H and O–H groups in total. The Kier molecular flexibility index (Phi) is 7.55. The Hall–Kier alpha value is -3.15. The van der Waals surface area contributed by atoms with E-state index in [1.165, 1.54) is 0 Å². The molecule has 2 aromatic rings. The summed E-state index contributed by atoms with van der Waals surface area (Å²) >= 11 is 0. The van der Waals surface area contributed by atoms with Crippen LogP contribution in [0.15, 0.2) is 60.7 Å². The standard InChI is InChI=1S/C21H24N2O4/c1-2-19(24)22-17(13-15-9-5-3-6-10-15)20(25)23-18(21(26)27)14-16-11-7-4-8-12-16/h3-12,17-18H,2,13-14H2,1H3,(H,22,24)(H,23,25)(H,26,27)/t17-,18-/m0/s1. The molecule has 0 radical (unpaired) electrons. The van der Waals surface area contributed by atoms with E-state index in [2.05, 4.69) is 10.6 Å². The van der Waals surface area contributed by atoms with Crippen LogP contribution >= 0.6 is 0 Å². The molecule has 0 aliphatic rings. The van der Waals surface area contributed by atoms with Gasteiger partial charge in [-0.25, -0.2) is 4.79 Å². The molecule has 0 unspecified atom stereocenters. The SMILES string of the molecule is CCC(=O)N[C@@H](Cc1ccccc1)C(=O)N[C@@H](Cc1ccccc1)C(=O)O. The highest BCUT2D eigenvalue weighted by atomic mass is 16.4. The van der Waals surface area contributed by atoms with Gasteiger partial charge in [-0.05, 0) is 11.1 Å². The maximum atomic E-state index is 12.7. The number of carbonyl (C=O) groups excluding carboxylic acids is 2. The average molecular weight is 368 g/mol. The summed E-state index contributed by atoms with van der Waals surface area (Å²) in [5.74, 6) is -1.89. The van der Waals surface area contributed by atoms with Crippen LogP contribution in [-0.4, -0.2) is 35.0 Å². The topological polar surface area (TPSA) is 95.5 Å². The molecule has 2 rings (SSSR count). The molecule has 0 bridgehead atoms. The lowest BCUT2D eigenvalue weighted by Gasteiger charge is -2.21. The number of benzene rings is 2. The molecule has 2 atom stereocenters. The highest BCUT2D eigenvalue weighted by molar-refractivity contribution is 5.90. The molecule has 142 valence electrons. The summed E-state index contributed by atoms with van der Waals surface area (Å²) in [7, 11) is 0. The van der Waals surface area contributed by atoms with E-state index in [-0.39, 0.29) is 25.2 Å². The van der Waals surface area contributed by atoms with Gasteiger partial charge in [-0.2, -0.15) is 0 Å². The van der Waals surface area contributed by atoms with Crippen molar-refractivity contribution in [3.63, 3.8) is 0 Å². The predicted octanol–water partition coefficient (Wildman–Crippen LogP) is 1.94. The molecule has 27 heavy (non-hydrogen) atoms. The second-order valence-corrected chi connectivity index (χ2v) is 6.25. The smallest absolute Gasteiger partial charge is 0.326 e. The van der Waals surface area contributed by atoms with Crippen LogP contribution < -0.4 is 10.6 Å². The lowest BCUT2D eigenvalue weighted by atomic mass is 10.0. The Morgan fingerprint density at radius 3 is 1.74 bits per heavy atom. The number of nitrogens with one attached hydrogen (secondary N) is 2. The van der Waals surface area contributed by atoms with Gasteiger partial charge in [0.15, 0.2) is 0 Å². The number of carbonyl (C=O) groups is 3. The normalized spacial score (nSPS) is 12.6. The first-order valence-electron chi connectivity index (χ1n) is 8.90. The molecule has 0 aliphatic heterocycles. The lowest BCUT2D eigenvalue weighted by molar-refractivity contribution is -0.142. The highest BCUT2D eigenvalue weighted by Gasteiger charge is 2.26. The minimum Gasteiger partial charge on any atom is -0.480 e. The van der Waals surface area contributed by atoms with Gasteiger partial charge in [-0.15, -0.1) is 0 Å². The number of carboxylic acids is 1. The number of hydrogen-bond donors (Lipinski definition) is 3. The first-order chi connectivity index (χ1) is 13.0. The number of aliphatic carboxylic acids is 1. The number of amides is 2. The van der Waals surface area contributed by atoms with E-state index in [0.29, 0.717) is 0 Å². The fourth-order valence-electron chi connectivity index (χ4n) is 2.68. The van der Waals surface area contributed by atoms with Crippen LogP contribution in [0.2, 0.25) is 0 Å². The number of carboxylic acid groups (broad SMARTS) is 1. The quantitative estimate of drug-likeness (QED) is 0.630. The third-order valence-electron chi connectivity index (χ3n) is 4.15. The zero-order chi connectivity index (χ0) is 19.6. The average Bonchev–Trinajstić information content (AvgIpc) is 2.68. The molecular formula is C21H24N2O4. The van der Waals surface area contributed by atoms with Gasteiger partial charge in [0.05, 0.1) is 0 Å². The number of hydrogen-bond acceptors (Lipinski definition) is 3. The Balaban J connectivity index is 2.11. The van der Waals surface area contributed by atoms with Crippen LogP contribution in [-0.2, 0) is 27.2 Å². The second-order valence-electron chi connectivity index (χ2n) is 6.25. The monoisotopic (exact) mass is 368 g/mol. The van der Waals surface area contributed by atoms with Crippen LogP contribution in [0.4, 0.5) is 0 Å². The molecule has 0 aromatic heterocycles. The first-order valence-corrected chi connectivity index (χ1v) is 8.90. The maximum Gasteiger partial charge on any atom is 0.326 e. The van der Waals surface area contributed by atoms with E-state index in [1.54, 1.807) is 6.92 Å². The Bertz CT molecular complexity index is 762. The molecule has 2 amide bonds. The van der Waals surface area contributed by atoms with Crippen molar-refractivity contribution in [2.45, 2.75) is 38.3 Å². The van der Waals surface area contributed by atoms with Gasteiger partial charge in [0.2, 0.25) is 11.8 Å². The summed E-state index contributed by atoms with van der Waals surface area (Å²) in [5.41, 5.74) is 1.69. The molecule has 0 saturated heterocycles. The lowest BCUT2D eigenvalue weighted by Crippen LogP contribution is -2.53. The molecule has 0 fully saturated rings. The van der Waals surface area contributed by atoms with Crippen molar-refractivity contribution in [3.05, 3.63) is 71.8 Å².